The van der Waals surface area contributed by atoms with Gasteiger partial charge in [0.2, 0.25) is 5.91 Å². The molecule has 130 valence electrons. The number of aliphatic hydroxyl groups excluding tert-OH is 1. The molecule has 0 saturated heterocycles. The van der Waals surface area contributed by atoms with Gasteiger partial charge < -0.3 is 15.6 Å². The molecule has 1 atom stereocenters. The molecule has 0 heterocycles. The van der Waals surface area contributed by atoms with Crippen LogP contribution in [0, 0.1) is 20.8 Å². The van der Waals surface area contributed by atoms with Crippen LogP contribution in [0.4, 0.5) is 0 Å². The first-order valence-corrected chi connectivity index (χ1v) is 7.93. The number of aliphatic hydroxyl groups is 1. The number of carbonyl (C=O) groups is 1. The Labute approximate surface area is 139 Å². The van der Waals surface area contributed by atoms with Crippen LogP contribution in [-0.2, 0) is 4.79 Å². The number of nitrogens with zero attached hydrogens (tertiary/aromatic N) is 1. The van der Waals surface area contributed by atoms with Crippen molar-refractivity contribution in [2.75, 3.05) is 19.7 Å². The minimum absolute atomic E-state index is 0.114. The maximum absolute atomic E-state index is 11.2. The lowest BCUT2D eigenvalue weighted by molar-refractivity contribution is -0.121. The van der Waals surface area contributed by atoms with Crippen molar-refractivity contribution < 1.29 is 14.6 Å². The predicted molar refractivity (Wildman–Crippen MR) is 92.7 cm³/mol. The second-order valence-corrected chi connectivity index (χ2v) is 7.14. The lowest BCUT2D eigenvalue weighted by Gasteiger charge is -2.36. The summed E-state index contributed by atoms with van der Waals surface area (Å²) in [5.41, 5.74) is 8.32. The third kappa shape index (κ3) is 5.84. The van der Waals surface area contributed by atoms with E-state index in [0.717, 1.165) is 22.4 Å². The van der Waals surface area contributed by atoms with Gasteiger partial charge in [-0.3, -0.25) is 9.69 Å². The number of hydrogen-bond acceptors (Lipinski definition) is 4. The van der Waals surface area contributed by atoms with Gasteiger partial charge in [0.1, 0.15) is 18.5 Å². The number of rotatable bonds is 7. The van der Waals surface area contributed by atoms with Crippen molar-refractivity contribution in [3.8, 4) is 5.75 Å². The van der Waals surface area contributed by atoms with Gasteiger partial charge in [-0.15, -0.1) is 0 Å². The van der Waals surface area contributed by atoms with Gasteiger partial charge in [0.25, 0.3) is 0 Å². The van der Waals surface area contributed by atoms with Gasteiger partial charge in [-0.2, -0.15) is 0 Å². The summed E-state index contributed by atoms with van der Waals surface area (Å²) in [4.78, 5) is 13.1. The lowest BCUT2D eigenvalue weighted by atomic mass is 10.0. The van der Waals surface area contributed by atoms with E-state index in [1.165, 1.54) is 0 Å². The van der Waals surface area contributed by atoms with Crippen LogP contribution in [-0.4, -0.2) is 47.3 Å². The first-order valence-electron chi connectivity index (χ1n) is 7.93. The van der Waals surface area contributed by atoms with Crippen molar-refractivity contribution >= 4 is 5.91 Å². The molecule has 0 spiro atoms. The Kier molecular flexibility index (Phi) is 6.59. The molecule has 0 bridgehead atoms. The van der Waals surface area contributed by atoms with E-state index in [1.54, 1.807) is 0 Å². The number of ether oxygens (including phenoxy) is 1. The summed E-state index contributed by atoms with van der Waals surface area (Å²) >= 11 is 0. The molecule has 0 aliphatic carbocycles. The molecule has 1 aromatic carbocycles. The van der Waals surface area contributed by atoms with E-state index < -0.39 is 12.0 Å². The van der Waals surface area contributed by atoms with Crippen LogP contribution < -0.4 is 10.5 Å². The van der Waals surface area contributed by atoms with Gasteiger partial charge in [0, 0.05) is 12.1 Å². The summed E-state index contributed by atoms with van der Waals surface area (Å²) in [7, 11) is 0. The van der Waals surface area contributed by atoms with Gasteiger partial charge in [0.05, 0.1) is 6.54 Å². The van der Waals surface area contributed by atoms with Gasteiger partial charge in [-0.25, -0.2) is 0 Å². The SMILES string of the molecule is Cc1ccc(C)c(OCC(O)CN(CC(N)=O)C(C)(C)C)c1C. The monoisotopic (exact) mass is 322 g/mol. The average Bonchev–Trinajstić information content (AvgIpc) is 2.41. The molecule has 0 aromatic heterocycles. The molecule has 0 aliphatic heterocycles. The Hall–Kier alpha value is -1.59. The molecule has 1 rings (SSSR count). The number of aryl methyl sites for hydroxylation is 2. The summed E-state index contributed by atoms with van der Waals surface area (Å²) in [6.07, 6.45) is -0.701. The molecule has 5 heteroatoms. The van der Waals surface area contributed by atoms with Crippen LogP contribution in [0.3, 0.4) is 0 Å². The van der Waals surface area contributed by atoms with E-state index in [0.29, 0.717) is 6.54 Å². The number of β-amino-alcohol motifs (C(OH)–C–C–N with tert-alkyl or cyclic N) is 1. The lowest BCUT2D eigenvalue weighted by Crippen LogP contribution is -2.50. The molecule has 5 nitrogen and oxygen atoms in total. The maximum Gasteiger partial charge on any atom is 0.231 e. The topological polar surface area (TPSA) is 75.8 Å². The van der Waals surface area contributed by atoms with Crippen molar-refractivity contribution in [3.05, 3.63) is 28.8 Å². The molecular formula is C18H30N2O3. The normalized spacial score (nSPS) is 13.2. The largest absolute Gasteiger partial charge is 0.490 e. The quantitative estimate of drug-likeness (QED) is 0.804. The molecular weight excluding hydrogens is 292 g/mol. The molecule has 1 unspecified atom stereocenters. The Morgan fingerprint density at radius 2 is 1.83 bits per heavy atom. The fraction of sp³-hybridized carbons (Fsp3) is 0.611. The smallest absolute Gasteiger partial charge is 0.231 e. The van der Waals surface area contributed by atoms with E-state index in [4.69, 9.17) is 10.5 Å². The fourth-order valence-electron chi connectivity index (χ4n) is 2.40. The summed E-state index contributed by atoms with van der Waals surface area (Å²) in [6, 6.07) is 4.07. The van der Waals surface area contributed by atoms with Crippen LogP contribution in [0.5, 0.6) is 5.75 Å². The summed E-state index contributed by atoms with van der Waals surface area (Å²) in [5, 5.41) is 10.3. The number of benzene rings is 1. The van der Waals surface area contributed by atoms with Crippen molar-refractivity contribution in [3.63, 3.8) is 0 Å². The number of primary amides is 1. The molecule has 0 saturated carbocycles. The zero-order chi connectivity index (χ0) is 17.8. The molecule has 23 heavy (non-hydrogen) atoms. The maximum atomic E-state index is 11.2. The Balaban J connectivity index is 2.71. The van der Waals surface area contributed by atoms with Crippen molar-refractivity contribution in [2.24, 2.45) is 5.73 Å². The second-order valence-electron chi connectivity index (χ2n) is 7.14. The van der Waals surface area contributed by atoms with Crippen LogP contribution in [0.1, 0.15) is 37.5 Å². The number of nitrogens with two attached hydrogens (primary N) is 1. The van der Waals surface area contributed by atoms with Gasteiger partial charge in [0.15, 0.2) is 0 Å². The molecule has 1 aromatic rings. The van der Waals surface area contributed by atoms with Gasteiger partial charge in [-0.05, 0) is 58.2 Å². The number of hydrogen-bond donors (Lipinski definition) is 2. The standard InChI is InChI=1S/C18H30N2O3/c1-12-7-8-13(2)17(14(12)3)23-11-15(21)9-20(10-16(19)22)18(4,5)6/h7-8,15,21H,9-11H2,1-6H3,(H2,19,22). The Morgan fingerprint density at radius 1 is 1.26 bits per heavy atom. The van der Waals surface area contributed by atoms with E-state index in [2.05, 4.69) is 6.07 Å². The van der Waals surface area contributed by atoms with Crippen LogP contribution >= 0.6 is 0 Å². The molecule has 3 N–H and O–H groups in total. The first kappa shape index (κ1) is 19.5. The number of carbonyl (C=O) groups excluding carboxylic acids is 1. The number of amides is 1. The molecule has 0 aliphatic rings. The molecule has 0 fully saturated rings. The van der Waals surface area contributed by atoms with E-state index in [9.17, 15) is 9.90 Å². The second kappa shape index (κ2) is 7.79. The summed E-state index contributed by atoms with van der Waals surface area (Å²) in [6.45, 7) is 12.6. The van der Waals surface area contributed by atoms with Crippen LogP contribution in [0.2, 0.25) is 0 Å². The van der Waals surface area contributed by atoms with Crippen LogP contribution in [0.15, 0.2) is 12.1 Å². The van der Waals surface area contributed by atoms with E-state index in [1.807, 2.05) is 52.5 Å². The van der Waals surface area contributed by atoms with Crippen LogP contribution in [0.25, 0.3) is 0 Å². The summed E-state index contributed by atoms with van der Waals surface area (Å²) in [5.74, 6) is 0.416. The predicted octanol–water partition coefficient (Wildman–Crippen LogP) is 1.94. The third-order valence-corrected chi connectivity index (χ3v) is 4.02. The molecule has 0 radical (unpaired) electrons. The minimum Gasteiger partial charge on any atom is -0.490 e. The van der Waals surface area contributed by atoms with E-state index in [-0.39, 0.29) is 18.7 Å². The van der Waals surface area contributed by atoms with E-state index >= 15 is 0 Å². The van der Waals surface area contributed by atoms with Gasteiger partial charge >= 0.3 is 0 Å². The van der Waals surface area contributed by atoms with Crippen molar-refractivity contribution in [2.45, 2.75) is 53.2 Å². The highest BCUT2D eigenvalue weighted by atomic mass is 16.5. The highest BCUT2D eigenvalue weighted by Gasteiger charge is 2.25. The minimum atomic E-state index is -0.701. The van der Waals surface area contributed by atoms with Gasteiger partial charge in [-0.1, -0.05) is 12.1 Å². The first-order chi connectivity index (χ1) is 10.5. The third-order valence-electron chi connectivity index (χ3n) is 4.02. The fourth-order valence-corrected chi connectivity index (χ4v) is 2.40. The van der Waals surface area contributed by atoms with Crippen molar-refractivity contribution in [1.29, 1.82) is 0 Å². The zero-order valence-electron chi connectivity index (χ0n) is 15.1. The Morgan fingerprint density at radius 3 is 2.35 bits per heavy atom. The highest BCUT2D eigenvalue weighted by molar-refractivity contribution is 5.76. The zero-order valence-corrected chi connectivity index (χ0v) is 15.1. The highest BCUT2D eigenvalue weighted by Crippen LogP contribution is 2.26. The average molecular weight is 322 g/mol. The Bertz CT molecular complexity index is 550. The molecule has 1 amide bonds. The van der Waals surface area contributed by atoms with Crippen molar-refractivity contribution in [1.82, 2.24) is 4.90 Å². The summed E-state index contributed by atoms with van der Waals surface area (Å²) < 4.78 is 5.84.